The second-order valence-electron chi connectivity index (χ2n) is 10.8. The molecule has 4 rings (SSSR count). The van der Waals surface area contributed by atoms with Gasteiger partial charge in [0.05, 0.1) is 0 Å². The van der Waals surface area contributed by atoms with Crippen LogP contribution in [0.15, 0.2) is 68.9 Å². The molecule has 2 radical (unpaired) electrons. The molecule has 0 aromatic carbocycles. The van der Waals surface area contributed by atoms with E-state index < -0.39 is 0 Å². The van der Waals surface area contributed by atoms with E-state index in [1.165, 1.54) is 44.6 Å². The maximum atomic E-state index is 3.29. The van der Waals surface area contributed by atoms with Crippen LogP contribution in [0.5, 0.6) is 0 Å². The first-order valence-corrected chi connectivity index (χ1v) is 18.9. The molecule has 0 bridgehead atoms. The zero-order valence-electron chi connectivity index (χ0n) is 29.5. The van der Waals surface area contributed by atoms with E-state index in [4.69, 9.17) is 0 Å². The fourth-order valence-corrected chi connectivity index (χ4v) is 3.99. The molecule has 0 N–H and O–H groups in total. The monoisotopic (exact) mass is 976 g/mol. The Morgan fingerprint density at radius 1 is 0.405 bits per heavy atom. The Kier molecular flexibility index (Phi) is 41.5. The predicted octanol–water partition coefficient (Wildman–Crippen LogP) is 4.37. The molecule has 0 nitrogen and oxygen atoms in total. The summed E-state index contributed by atoms with van der Waals surface area (Å²) in [5.74, 6) is 2.20. The van der Waals surface area contributed by atoms with Gasteiger partial charge in [0.1, 0.15) is 0 Å². The molecule has 0 saturated heterocycles. The van der Waals surface area contributed by atoms with E-state index in [0.717, 1.165) is 19.0 Å². The second-order valence-corrected chi connectivity index (χ2v) is 13.1. The van der Waals surface area contributed by atoms with E-state index in [9.17, 15) is 0 Å². The van der Waals surface area contributed by atoms with E-state index in [-0.39, 0.29) is 76.5 Å². The van der Waals surface area contributed by atoms with Crippen LogP contribution in [0.4, 0.5) is 0 Å². The van der Waals surface area contributed by atoms with Gasteiger partial charge in [0.15, 0.2) is 0 Å². The molecule has 0 aromatic rings. The number of halogens is 2. The van der Waals surface area contributed by atoms with Gasteiger partial charge in [-0.25, -0.2) is 44.6 Å². The zero-order chi connectivity index (χ0) is 30.0. The van der Waals surface area contributed by atoms with Crippen LogP contribution in [0.25, 0.3) is 0 Å². The fraction of sp³-hybridized carbons (Fsp3) is 0.556. The largest absolute Gasteiger partial charge is 1.00 e. The van der Waals surface area contributed by atoms with E-state index in [0.29, 0.717) is 23.7 Å². The smallest absolute Gasteiger partial charge is 0.0213 e. The van der Waals surface area contributed by atoms with Gasteiger partial charge in [-0.3, -0.25) is 24.3 Å². The first-order valence-electron chi connectivity index (χ1n) is 14.3. The molecule has 238 valence electrons. The number of hydrogen-bond donors (Lipinski definition) is 0. The average molecular weight is 975 g/mol. The Bertz CT molecular complexity index is 741. The van der Waals surface area contributed by atoms with Crippen LogP contribution in [0.3, 0.4) is 0 Å². The third-order valence-electron chi connectivity index (χ3n) is 6.14. The van der Waals surface area contributed by atoms with Gasteiger partial charge in [-0.2, -0.15) is 24.3 Å². The second kappa shape index (κ2) is 31.6. The minimum Gasteiger partial charge on any atom is -1.00 e. The fourth-order valence-electron chi connectivity index (χ4n) is 3.99. The molecule has 4 aliphatic rings. The summed E-state index contributed by atoms with van der Waals surface area (Å²) in [6.45, 7) is 34.4. The molecule has 0 spiro atoms. The Morgan fingerprint density at radius 2 is 0.524 bits per heavy atom. The van der Waals surface area contributed by atoms with Gasteiger partial charge < -0.3 is 24.8 Å². The summed E-state index contributed by atoms with van der Waals surface area (Å²) in [5.41, 5.74) is 10.8. The Morgan fingerprint density at radius 3 is 0.548 bits per heavy atom. The third-order valence-corrected chi connectivity index (χ3v) is 6.14. The van der Waals surface area contributed by atoms with Crippen molar-refractivity contribution in [1.82, 2.24) is 0 Å². The molecule has 0 saturated carbocycles. The molecule has 0 aliphatic heterocycles. The third kappa shape index (κ3) is 27.0. The molecule has 0 fully saturated rings. The summed E-state index contributed by atoms with van der Waals surface area (Å²) in [5, 5.41) is 0. The van der Waals surface area contributed by atoms with E-state index in [1.807, 2.05) is 0 Å². The van der Waals surface area contributed by atoms with Crippen molar-refractivity contribution < 1.29 is 76.5 Å². The van der Waals surface area contributed by atoms with Crippen molar-refractivity contribution in [2.24, 2.45) is 23.7 Å². The standard InChI is InChI=1S/4C8H11.2C2H7Si.2ClH.2Hf/c4*1-6-4-7(2)8(3)5-6;2*1-3-2;;;;/h4*4,6H,1-3H3;2*3H,1-2H3;2*1H;;/q4*-1;;;;;;/p-2. The number of hydrogen-bond acceptors (Lipinski definition) is 0. The van der Waals surface area contributed by atoms with Crippen molar-refractivity contribution in [2.45, 2.75) is 109 Å². The molecule has 4 aliphatic carbocycles. The Balaban J connectivity index is -0.0000000939. The van der Waals surface area contributed by atoms with Crippen LogP contribution in [0.2, 0.25) is 26.2 Å². The maximum Gasteiger partial charge on any atom is 0.0213 e. The van der Waals surface area contributed by atoms with Crippen LogP contribution in [0, 0.1) is 48.0 Å². The number of allylic oxidation sites excluding steroid dienone is 16. The number of rotatable bonds is 0. The van der Waals surface area contributed by atoms with Crippen molar-refractivity contribution in [3.05, 3.63) is 93.2 Å². The normalized spacial score (nSPS) is 21.9. The van der Waals surface area contributed by atoms with Crippen molar-refractivity contribution in [2.75, 3.05) is 0 Å². The van der Waals surface area contributed by atoms with Gasteiger partial charge in [-0.1, -0.05) is 105 Å². The molecular formula is C36H58Cl2Hf2Si2-6. The summed E-state index contributed by atoms with van der Waals surface area (Å²) in [7, 11) is 1.50. The van der Waals surface area contributed by atoms with Crippen molar-refractivity contribution >= 4 is 19.0 Å². The molecule has 0 amide bonds. The molecule has 0 aromatic heterocycles. The molecule has 0 heterocycles. The van der Waals surface area contributed by atoms with Crippen LogP contribution in [0.1, 0.15) is 83.1 Å². The van der Waals surface area contributed by atoms with E-state index in [2.05, 4.69) is 158 Å². The summed E-state index contributed by atoms with van der Waals surface area (Å²) in [4.78, 5) is 0. The quantitative estimate of drug-likeness (QED) is 0.251. The van der Waals surface area contributed by atoms with Gasteiger partial charge in [0.2, 0.25) is 0 Å². The van der Waals surface area contributed by atoms with Crippen LogP contribution >= 0.6 is 0 Å². The van der Waals surface area contributed by atoms with Gasteiger partial charge in [0.25, 0.3) is 0 Å². The van der Waals surface area contributed by atoms with Crippen LogP contribution in [-0.2, 0) is 51.7 Å². The van der Waals surface area contributed by atoms with Crippen LogP contribution in [-0.4, -0.2) is 19.0 Å². The molecule has 42 heavy (non-hydrogen) atoms. The molecule has 4 atom stereocenters. The maximum absolute atomic E-state index is 3.29. The predicted molar refractivity (Wildman–Crippen MR) is 179 cm³/mol. The molecule has 4 unspecified atom stereocenters. The topological polar surface area (TPSA) is 0 Å². The Hall–Kier alpha value is 0.674. The van der Waals surface area contributed by atoms with Crippen molar-refractivity contribution in [1.29, 1.82) is 0 Å². The van der Waals surface area contributed by atoms with Gasteiger partial charge in [-0.15, -0.1) is 27.7 Å². The molecule has 6 heteroatoms. The SMILES string of the molecule is CC1=[C-]C(C)C=C1C.CC1=[C-]C(C)C=C1C.CC1=[C-]C(C)C=C1C.CC1=[C-]C(C)C=C1C.C[SiH]C.C[SiH]C.[Cl-].[Cl-].[Hf].[Hf]. The first kappa shape index (κ1) is 55.1. The van der Waals surface area contributed by atoms with Crippen molar-refractivity contribution in [3.63, 3.8) is 0 Å². The van der Waals surface area contributed by atoms with Gasteiger partial charge >= 0.3 is 0 Å². The average Bonchev–Trinajstić information content (AvgIpc) is 3.46. The van der Waals surface area contributed by atoms with E-state index in [1.54, 1.807) is 0 Å². The summed E-state index contributed by atoms with van der Waals surface area (Å²) >= 11 is 0. The van der Waals surface area contributed by atoms with Gasteiger partial charge in [-0.05, 0) is 0 Å². The van der Waals surface area contributed by atoms with E-state index >= 15 is 0 Å². The minimum atomic E-state index is 0. The van der Waals surface area contributed by atoms with Crippen LogP contribution < -0.4 is 24.8 Å². The zero-order valence-corrected chi connectivity index (χ0v) is 40.5. The first-order chi connectivity index (χ1) is 17.6. The Labute approximate surface area is 318 Å². The van der Waals surface area contributed by atoms with Gasteiger partial charge in [0, 0.05) is 70.7 Å². The summed E-state index contributed by atoms with van der Waals surface area (Å²) in [6, 6.07) is 0. The minimum absolute atomic E-state index is 0. The summed E-state index contributed by atoms with van der Waals surface area (Å²) in [6.07, 6.45) is 22.1. The van der Waals surface area contributed by atoms with Crippen molar-refractivity contribution in [3.8, 4) is 0 Å². The summed E-state index contributed by atoms with van der Waals surface area (Å²) < 4.78 is 0. The molecular weight excluding hydrogens is 916 g/mol.